The van der Waals surface area contributed by atoms with Gasteiger partial charge in [0.15, 0.2) is 0 Å². The quantitative estimate of drug-likeness (QED) is 0.879. The SMILES string of the molecule is CC(C)(C)COc1ccc(S(N)(=O)=O)cc1. The average Bonchev–Trinajstić information content (AvgIpc) is 2.13. The lowest BCUT2D eigenvalue weighted by Crippen LogP contribution is -2.17. The van der Waals surface area contributed by atoms with E-state index in [0.29, 0.717) is 12.4 Å². The minimum Gasteiger partial charge on any atom is -0.493 e. The first-order valence-electron chi connectivity index (χ1n) is 4.94. The molecule has 0 atom stereocenters. The summed E-state index contributed by atoms with van der Waals surface area (Å²) in [6.07, 6.45) is 0. The molecule has 1 aromatic carbocycles. The normalized spacial score (nSPS) is 12.5. The molecule has 0 saturated heterocycles. The molecule has 0 aromatic heterocycles. The van der Waals surface area contributed by atoms with E-state index in [0.717, 1.165) is 0 Å². The van der Waals surface area contributed by atoms with Crippen LogP contribution in [0.25, 0.3) is 0 Å². The Bertz CT molecular complexity index is 443. The molecule has 0 aliphatic carbocycles. The van der Waals surface area contributed by atoms with Gasteiger partial charge >= 0.3 is 0 Å². The van der Waals surface area contributed by atoms with Crippen molar-refractivity contribution in [1.29, 1.82) is 0 Å². The van der Waals surface area contributed by atoms with Gasteiger partial charge in [-0.05, 0) is 29.7 Å². The summed E-state index contributed by atoms with van der Waals surface area (Å²) in [7, 11) is -3.62. The number of hydrogen-bond acceptors (Lipinski definition) is 3. The third-order valence-corrected chi connectivity index (χ3v) is 2.75. The van der Waals surface area contributed by atoms with Gasteiger partial charge in [0, 0.05) is 0 Å². The van der Waals surface area contributed by atoms with E-state index in [9.17, 15) is 8.42 Å². The lowest BCUT2D eigenvalue weighted by atomic mass is 9.99. The third kappa shape index (κ3) is 4.20. The van der Waals surface area contributed by atoms with Gasteiger partial charge in [0.05, 0.1) is 11.5 Å². The van der Waals surface area contributed by atoms with Gasteiger partial charge in [0.2, 0.25) is 10.0 Å². The Balaban J connectivity index is 2.73. The van der Waals surface area contributed by atoms with Crippen LogP contribution < -0.4 is 9.88 Å². The van der Waals surface area contributed by atoms with Crippen molar-refractivity contribution in [3.8, 4) is 5.75 Å². The highest BCUT2D eigenvalue weighted by Gasteiger charge is 2.12. The van der Waals surface area contributed by atoms with Gasteiger partial charge in [-0.3, -0.25) is 0 Å². The van der Waals surface area contributed by atoms with Crippen LogP contribution in [-0.2, 0) is 10.0 Å². The fourth-order valence-electron chi connectivity index (χ4n) is 1.03. The molecule has 4 nitrogen and oxygen atoms in total. The molecule has 16 heavy (non-hydrogen) atoms. The molecule has 0 saturated carbocycles. The Labute approximate surface area is 96.5 Å². The van der Waals surface area contributed by atoms with Gasteiger partial charge in [-0.25, -0.2) is 13.6 Å². The first-order valence-corrected chi connectivity index (χ1v) is 6.49. The fraction of sp³-hybridized carbons (Fsp3) is 0.455. The summed E-state index contributed by atoms with van der Waals surface area (Å²) in [5, 5.41) is 4.98. The molecule has 0 heterocycles. The summed E-state index contributed by atoms with van der Waals surface area (Å²) >= 11 is 0. The summed E-state index contributed by atoms with van der Waals surface area (Å²) in [6.45, 7) is 6.75. The van der Waals surface area contributed by atoms with Crippen LogP contribution in [0.4, 0.5) is 0 Å². The highest BCUT2D eigenvalue weighted by Crippen LogP contribution is 2.19. The molecule has 0 aliphatic heterocycles. The summed E-state index contributed by atoms with van der Waals surface area (Å²) in [4.78, 5) is 0.0932. The number of benzene rings is 1. The molecule has 90 valence electrons. The second-order valence-electron chi connectivity index (χ2n) is 4.87. The van der Waals surface area contributed by atoms with Gasteiger partial charge in [-0.2, -0.15) is 0 Å². The van der Waals surface area contributed by atoms with E-state index in [2.05, 4.69) is 20.8 Å². The molecule has 1 aromatic rings. The fourth-order valence-corrected chi connectivity index (χ4v) is 1.54. The average molecular weight is 243 g/mol. The minimum atomic E-state index is -3.62. The van der Waals surface area contributed by atoms with Crippen LogP contribution in [0.5, 0.6) is 5.75 Å². The highest BCUT2D eigenvalue weighted by molar-refractivity contribution is 7.89. The van der Waals surface area contributed by atoms with Crippen molar-refractivity contribution in [2.45, 2.75) is 25.7 Å². The van der Waals surface area contributed by atoms with Crippen molar-refractivity contribution in [2.24, 2.45) is 10.6 Å². The Morgan fingerprint density at radius 1 is 1.19 bits per heavy atom. The maximum absolute atomic E-state index is 11.0. The Morgan fingerprint density at radius 2 is 1.69 bits per heavy atom. The van der Waals surface area contributed by atoms with Crippen LogP contribution in [0.3, 0.4) is 0 Å². The second-order valence-corrected chi connectivity index (χ2v) is 6.43. The van der Waals surface area contributed by atoms with Crippen molar-refractivity contribution >= 4 is 10.0 Å². The van der Waals surface area contributed by atoms with E-state index >= 15 is 0 Å². The van der Waals surface area contributed by atoms with Gasteiger partial charge in [-0.15, -0.1) is 0 Å². The van der Waals surface area contributed by atoms with E-state index < -0.39 is 10.0 Å². The molecule has 5 heteroatoms. The molecule has 1 rings (SSSR count). The smallest absolute Gasteiger partial charge is 0.238 e. The number of nitrogens with two attached hydrogens (primary N) is 1. The van der Waals surface area contributed by atoms with Crippen LogP contribution in [-0.4, -0.2) is 15.0 Å². The first kappa shape index (κ1) is 13.0. The lowest BCUT2D eigenvalue weighted by molar-refractivity contribution is 0.198. The molecule has 0 bridgehead atoms. The molecule has 0 amide bonds. The van der Waals surface area contributed by atoms with Crippen LogP contribution >= 0.6 is 0 Å². The van der Waals surface area contributed by atoms with Gasteiger partial charge in [0.25, 0.3) is 0 Å². The van der Waals surface area contributed by atoms with E-state index in [1.54, 1.807) is 12.1 Å². The summed E-state index contributed by atoms with van der Waals surface area (Å²) in [5.41, 5.74) is 0.0681. The zero-order chi connectivity index (χ0) is 12.4. The van der Waals surface area contributed by atoms with Crippen molar-refractivity contribution in [3.05, 3.63) is 24.3 Å². The monoisotopic (exact) mass is 243 g/mol. The van der Waals surface area contributed by atoms with E-state index in [1.807, 2.05) is 0 Å². The van der Waals surface area contributed by atoms with Gasteiger partial charge in [0.1, 0.15) is 5.75 Å². The van der Waals surface area contributed by atoms with E-state index in [-0.39, 0.29) is 10.3 Å². The molecule has 2 N–H and O–H groups in total. The predicted octanol–water partition coefficient (Wildman–Crippen LogP) is 1.76. The zero-order valence-electron chi connectivity index (χ0n) is 9.73. The minimum absolute atomic E-state index is 0.0681. The number of primary sulfonamides is 1. The van der Waals surface area contributed by atoms with Crippen molar-refractivity contribution in [2.75, 3.05) is 6.61 Å². The zero-order valence-corrected chi connectivity index (χ0v) is 10.5. The van der Waals surface area contributed by atoms with Crippen LogP contribution in [0.2, 0.25) is 0 Å². The Morgan fingerprint density at radius 3 is 2.06 bits per heavy atom. The van der Waals surface area contributed by atoms with Crippen molar-refractivity contribution < 1.29 is 13.2 Å². The topological polar surface area (TPSA) is 69.4 Å². The molecule has 0 unspecified atom stereocenters. The third-order valence-electron chi connectivity index (χ3n) is 1.82. The Kier molecular flexibility index (Phi) is 3.60. The summed E-state index contributed by atoms with van der Waals surface area (Å²) in [6, 6.07) is 6.08. The van der Waals surface area contributed by atoms with Crippen molar-refractivity contribution in [1.82, 2.24) is 0 Å². The van der Waals surface area contributed by atoms with Gasteiger partial charge in [-0.1, -0.05) is 20.8 Å². The van der Waals surface area contributed by atoms with Gasteiger partial charge < -0.3 is 4.74 Å². The lowest BCUT2D eigenvalue weighted by Gasteiger charge is -2.18. The first-order chi connectivity index (χ1) is 7.18. The number of hydrogen-bond donors (Lipinski definition) is 1. The van der Waals surface area contributed by atoms with Crippen LogP contribution in [0.1, 0.15) is 20.8 Å². The molecule has 0 spiro atoms. The van der Waals surface area contributed by atoms with Crippen LogP contribution in [0, 0.1) is 5.41 Å². The Hall–Kier alpha value is -1.07. The van der Waals surface area contributed by atoms with Crippen LogP contribution in [0.15, 0.2) is 29.2 Å². The van der Waals surface area contributed by atoms with E-state index in [1.165, 1.54) is 12.1 Å². The molecule has 0 fully saturated rings. The second kappa shape index (κ2) is 4.43. The maximum atomic E-state index is 11.0. The predicted molar refractivity (Wildman–Crippen MR) is 62.8 cm³/mol. The van der Waals surface area contributed by atoms with Crippen molar-refractivity contribution in [3.63, 3.8) is 0 Å². The summed E-state index contributed by atoms with van der Waals surface area (Å²) in [5.74, 6) is 0.641. The largest absolute Gasteiger partial charge is 0.493 e. The number of ether oxygens (including phenoxy) is 1. The number of rotatable bonds is 3. The molecular formula is C11H17NO3S. The highest BCUT2D eigenvalue weighted by atomic mass is 32.2. The number of sulfonamides is 1. The molecular weight excluding hydrogens is 226 g/mol. The van der Waals surface area contributed by atoms with E-state index in [4.69, 9.17) is 9.88 Å². The molecule has 0 radical (unpaired) electrons. The standard InChI is InChI=1S/C11H17NO3S/c1-11(2,3)8-15-9-4-6-10(7-5-9)16(12,13)14/h4-7H,8H2,1-3H3,(H2,12,13,14). The molecule has 0 aliphatic rings. The summed E-state index contributed by atoms with van der Waals surface area (Å²) < 4.78 is 27.5. The maximum Gasteiger partial charge on any atom is 0.238 e.